The average Bonchev–Trinajstić information content (AvgIpc) is 3.21. The summed E-state index contributed by atoms with van der Waals surface area (Å²) < 4.78 is 29.6. The predicted molar refractivity (Wildman–Crippen MR) is 154 cm³/mol. The quantitative estimate of drug-likeness (QED) is 0.186. The molecule has 10 nitrogen and oxygen atoms in total. The van der Waals surface area contributed by atoms with Crippen LogP contribution in [0.3, 0.4) is 0 Å². The third-order valence-electron chi connectivity index (χ3n) is 9.22. The summed E-state index contributed by atoms with van der Waals surface area (Å²) in [7, 11) is 0. The van der Waals surface area contributed by atoms with Gasteiger partial charge in [-0.05, 0) is 73.8 Å². The van der Waals surface area contributed by atoms with E-state index in [0.29, 0.717) is 24.8 Å². The van der Waals surface area contributed by atoms with Crippen molar-refractivity contribution in [3.63, 3.8) is 0 Å². The second-order valence-electron chi connectivity index (χ2n) is 11.9. The van der Waals surface area contributed by atoms with E-state index >= 15 is 0 Å². The van der Waals surface area contributed by atoms with E-state index in [1.807, 2.05) is 6.92 Å². The van der Waals surface area contributed by atoms with Crippen molar-refractivity contribution in [2.75, 3.05) is 0 Å². The molecule has 43 heavy (non-hydrogen) atoms. The number of carbonyl (C=O) groups excluding carboxylic acids is 4. The number of phenolic OH excluding ortho intramolecular Hbond substituents is 1. The molecule has 8 atom stereocenters. The molecule has 0 amide bonds. The Hall–Kier alpha value is -3.92. The van der Waals surface area contributed by atoms with E-state index in [4.69, 9.17) is 23.7 Å². The van der Waals surface area contributed by atoms with Crippen molar-refractivity contribution in [3.05, 3.63) is 65.8 Å². The first-order valence-electron chi connectivity index (χ1n) is 14.4. The Kier molecular flexibility index (Phi) is 9.20. The lowest BCUT2D eigenvalue weighted by atomic mass is 9.45. The highest BCUT2D eigenvalue weighted by molar-refractivity contribution is 5.89. The molecule has 1 heterocycles. The van der Waals surface area contributed by atoms with Gasteiger partial charge in [0, 0.05) is 26.3 Å². The number of aromatic hydroxyl groups is 1. The van der Waals surface area contributed by atoms with Gasteiger partial charge in [-0.3, -0.25) is 19.1 Å². The lowest BCUT2D eigenvalue weighted by Gasteiger charge is -2.60. The molecule has 1 N–H and O–H groups in total. The molecule has 1 aromatic rings. The van der Waals surface area contributed by atoms with Crippen LogP contribution in [0.5, 0.6) is 5.75 Å². The van der Waals surface area contributed by atoms with E-state index in [1.54, 1.807) is 12.2 Å². The number of hydrogen-bond donors (Lipinski definition) is 1. The number of allylic oxidation sites excluding steroid dienone is 3. The number of ether oxygens (including phenoxy) is 5. The second-order valence-corrected chi connectivity index (χ2v) is 11.9. The molecule has 0 aromatic heterocycles. The first kappa shape index (κ1) is 32.0. The van der Waals surface area contributed by atoms with E-state index in [-0.39, 0.29) is 17.2 Å². The van der Waals surface area contributed by atoms with Crippen molar-refractivity contribution in [2.24, 2.45) is 22.7 Å². The molecule has 0 bridgehead atoms. The fourth-order valence-corrected chi connectivity index (χ4v) is 6.99. The fraction of sp³-hybridized carbons (Fsp3) is 0.515. The van der Waals surface area contributed by atoms with E-state index in [0.717, 1.165) is 5.57 Å². The zero-order chi connectivity index (χ0) is 31.7. The van der Waals surface area contributed by atoms with Crippen molar-refractivity contribution >= 4 is 23.9 Å². The topological polar surface area (TPSA) is 135 Å². The molecule has 0 radical (unpaired) electrons. The van der Waals surface area contributed by atoms with Crippen molar-refractivity contribution in [2.45, 2.75) is 85.6 Å². The van der Waals surface area contributed by atoms with Gasteiger partial charge in [-0.2, -0.15) is 0 Å². The monoisotopic (exact) mass is 596 g/mol. The van der Waals surface area contributed by atoms with Gasteiger partial charge in [-0.1, -0.05) is 38.2 Å². The number of carbonyl (C=O) groups is 4. The summed E-state index contributed by atoms with van der Waals surface area (Å²) in [6.45, 7) is 13.8. The number of esters is 4. The SMILES string of the molecule is C=C/C(C)=C/C[C@]1(C)[C@H](C)C[C@@H](OC(=O)c2ccc(O)cc2)[C@]23C(=C[C@H](OC(C)=O)C[C@H]12)[C@H](OC(C)=O)O[C@H]3OC(C)=O. The fourth-order valence-electron chi connectivity index (χ4n) is 6.99. The van der Waals surface area contributed by atoms with Gasteiger partial charge in [0.15, 0.2) is 0 Å². The van der Waals surface area contributed by atoms with Gasteiger partial charge in [-0.15, -0.1) is 0 Å². The normalized spacial score (nSPS) is 33.3. The van der Waals surface area contributed by atoms with Gasteiger partial charge < -0.3 is 24.1 Å². The van der Waals surface area contributed by atoms with Crippen LogP contribution in [-0.4, -0.2) is 53.8 Å². The van der Waals surface area contributed by atoms with Gasteiger partial charge >= 0.3 is 23.9 Å². The molecule has 4 rings (SSSR count). The summed E-state index contributed by atoms with van der Waals surface area (Å²) in [5.41, 5.74) is -0.191. The highest BCUT2D eigenvalue weighted by Crippen LogP contribution is 2.68. The van der Waals surface area contributed by atoms with Crippen LogP contribution in [0.25, 0.3) is 0 Å². The van der Waals surface area contributed by atoms with Crippen molar-refractivity contribution in [3.8, 4) is 5.75 Å². The van der Waals surface area contributed by atoms with Gasteiger partial charge in [0.25, 0.3) is 0 Å². The van der Waals surface area contributed by atoms with E-state index in [9.17, 15) is 24.3 Å². The Labute approximate surface area is 251 Å². The molecule has 1 saturated heterocycles. The molecule has 10 heteroatoms. The molecule has 232 valence electrons. The average molecular weight is 597 g/mol. The minimum absolute atomic E-state index is 0.00233. The van der Waals surface area contributed by atoms with Crippen LogP contribution in [-0.2, 0) is 38.1 Å². The minimum atomic E-state index is -1.29. The maximum absolute atomic E-state index is 13.6. The van der Waals surface area contributed by atoms with E-state index < -0.39 is 65.4 Å². The Morgan fingerprint density at radius 3 is 2.19 bits per heavy atom. The molecule has 1 saturated carbocycles. The maximum atomic E-state index is 13.6. The van der Waals surface area contributed by atoms with Crippen LogP contribution in [0, 0.1) is 22.7 Å². The third kappa shape index (κ3) is 6.11. The Morgan fingerprint density at radius 2 is 1.60 bits per heavy atom. The molecule has 0 unspecified atom stereocenters. The van der Waals surface area contributed by atoms with Crippen LogP contribution < -0.4 is 0 Å². The number of hydrogen-bond acceptors (Lipinski definition) is 10. The first-order valence-corrected chi connectivity index (χ1v) is 14.4. The molecule has 2 fully saturated rings. The van der Waals surface area contributed by atoms with E-state index in [2.05, 4.69) is 26.5 Å². The maximum Gasteiger partial charge on any atom is 0.338 e. The van der Waals surface area contributed by atoms with Crippen molar-refractivity contribution in [1.29, 1.82) is 0 Å². The zero-order valence-corrected chi connectivity index (χ0v) is 25.5. The molecular formula is C33H40O10. The molecular weight excluding hydrogens is 556 g/mol. The van der Waals surface area contributed by atoms with Crippen molar-refractivity contribution < 1.29 is 48.0 Å². The molecule has 1 aliphatic heterocycles. The first-order chi connectivity index (χ1) is 20.2. The van der Waals surface area contributed by atoms with Crippen molar-refractivity contribution in [1.82, 2.24) is 0 Å². The van der Waals surface area contributed by atoms with Crippen LogP contribution in [0.15, 0.2) is 60.2 Å². The Balaban J connectivity index is 1.95. The van der Waals surface area contributed by atoms with Gasteiger partial charge in [-0.25, -0.2) is 4.79 Å². The lowest BCUT2D eigenvalue weighted by Crippen LogP contribution is -2.64. The largest absolute Gasteiger partial charge is 0.508 e. The van der Waals surface area contributed by atoms with Crippen LogP contribution in [0.4, 0.5) is 0 Å². The summed E-state index contributed by atoms with van der Waals surface area (Å²) in [6.07, 6.45) is 2.64. The number of phenols is 1. The summed E-state index contributed by atoms with van der Waals surface area (Å²) in [5.74, 6) is -2.88. The van der Waals surface area contributed by atoms with Crippen LogP contribution in [0.2, 0.25) is 0 Å². The van der Waals surface area contributed by atoms with Gasteiger partial charge in [0.2, 0.25) is 12.6 Å². The second kappa shape index (κ2) is 12.4. The standard InChI is InChI=1S/C33H40O10/c1-8-18(2)13-14-32(7)19(3)15-28(42-29(38)23-9-11-24(37)12-10-23)33-26(16-25(17-27(32)33)39-20(4)34)30(40-21(5)35)43-31(33)41-22(6)36/h8-13,16,19,25,27-28,30-31,37H,1,14-15,17H2,2-7H3/b18-13+/t19-,25+,27-,28-,30-,31-,32-,33+/m1/s1. The zero-order valence-electron chi connectivity index (χ0n) is 25.5. The van der Waals surface area contributed by atoms with Crippen LogP contribution >= 0.6 is 0 Å². The number of benzene rings is 1. The summed E-state index contributed by atoms with van der Waals surface area (Å²) in [4.78, 5) is 50.4. The highest BCUT2D eigenvalue weighted by Gasteiger charge is 2.72. The molecule has 2 aliphatic carbocycles. The van der Waals surface area contributed by atoms with Gasteiger partial charge in [0.1, 0.15) is 23.4 Å². The number of rotatable bonds is 8. The molecule has 3 aliphatic rings. The summed E-state index contributed by atoms with van der Waals surface area (Å²) >= 11 is 0. The summed E-state index contributed by atoms with van der Waals surface area (Å²) in [5, 5.41) is 9.73. The smallest absolute Gasteiger partial charge is 0.338 e. The minimum Gasteiger partial charge on any atom is -0.508 e. The highest BCUT2D eigenvalue weighted by atomic mass is 16.8. The Bertz CT molecular complexity index is 1340. The van der Waals surface area contributed by atoms with Gasteiger partial charge in [0.05, 0.1) is 5.56 Å². The summed E-state index contributed by atoms with van der Waals surface area (Å²) in [6, 6.07) is 5.69. The third-order valence-corrected chi connectivity index (χ3v) is 9.22. The van der Waals surface area contributed by atoms with E-state index in [1.165, 1.54) is 45.0 Å². The Morgan fingerprint density at radius 1 is 0.977 bits per heavy atom. The van der Waals surface area contributed by atoms with Crippen LogP contribution in [0.1, 0.15) is 71.2 Å². The molecule has 1 spiro atoms. The predicted octanol–water partition coefficient (Wildman–Crippen LogP) is 5.16. The lowest BCUT2D eigenvalue weighted by molar-refractivity contribution is -0.253. The molecule has 1 aromatic carbocycles.